The van der Waals surface area contributed by atoms with E-state index in [0.717, 1.165) is 17.8 Å². The lowest BCUT2D eigenvalue weighted by Gasteiger charge is -2.00. The van der Waals surface area contributed by atoms with E-state index in [2.05, 4.69) is 15.5 Å². The summed E-state index contributed by atoms with van der Waals surface area (Å²) in [5, 5.41) is 6.75. The largest absolute Gasteiger partial charge is 0.353 e. The third kappa shape index (κ3) is 5.16. The summed E-state index contributed by atoms with van der Waals surface area (Å²) in [7, 11) is 0. The van der Waals surface area contributed by atoms with Crippen LogP contribution in [0.3, 0.4) is 0 Å². The Hall–Kier alpha value is -2.43. The van der Waals surface area contributed by atoms with Gasteiger partial charge in [0.15, 0.2) is 5.82 Å². The molecular weight excluding hydrogens is 278 g/mol. The van der Waals surface area contributed by atoms with Gasteiger partial charge in [0, 0.05) is 25.0 Å². The third-order valence-corrected chi connectivity index (χ3v) is 3.09. The number of carbonyl (C=O) groups excluding carboxylic acids is 1. The van der Waals surface area contributed by atoms with E-state index < -0.39 is 0 Å². The minimum absolute atomic E-state index is 0.0998. The fourth-order valence-corrected chi connectivity index (χ4v) is 1.85. The molecule has 0 unspecified atom stereocenters. The van der Waals surface area contributed by atoms with Crippen LogP contribution >= 0.6 is 0 Å². The Balaban J connectivity index is 1.67. The molecule has 1 heterocycles. The highest BCUT2D eigenvalue weighted by Crippen LogP contribution is 2.10. The number of hydrogen-bond donors (Lipinski definition) is 1. The first kappa shape index (κ1) is 15.9. The van der Waals surface area contributed by atoms with Crippen LogP contribution in [0.2, 0.25) is 0 Å². The molecule has 0 radical (unpaired) electrons. The summed E-state index contributed by atoms with van der Waals surface area (Å²) >= 11 is 0. The van der Waals surface area contributed by atoms with Crippen molar-refractivity contribution in [1.29, 1.82) is 0 Å². The molecule has 0 spiro atoms. The molecule has 0 aliphatic heterocycles. The van der Waals surface area contributed by atoms with Crippen LogP contribution in [0.4, 0.5) is 0 Å². The first-order chi connectivity index (χ1) is 10.6. The van der Waals surface area contributed by atoms with Gasteiger partial charge in [-0.05, 0) is 18.1 Å². The lowest BCUT2D eigenvalue weighted by atomic mass is 10.2. The van der Waals surface area contributed by atoms with Crippen molar-refractivity contribution in [3.8, 4) is 0 Å². The van der Waals surface area contributed by atoms with E-state index in [0.29, 0.717) is 18.9 Å². The molecule has 2 aromatic rings. The highest BCUT2D eigenvalue weighted by atomic mass is 16.5. The zero-order chi connectivity index (χ0) is 15.8. The van der Waals surface area contributed by atoms with Crippen LogP contribution in [0, 0.1) is 0 Å². The Morgan fingerprint density at radius 2 is 2.09 bits per heavy atom. The molecule has 1 amide bonds. The number of benzene rings is 1. The maximum Gasteiger partial charge on any atom is 0.243 e. The Morgan fingerprint density at radius 1 is 1.32 bits per heavy atom. The number of hydrogen-bond acceptors (Lipinski definition) is 4. The molecule has 1 N–H and O–H groups in total. The van der Waals surface area contributed by atoms with Crippen LogP contribution in [0.1, 0.15) is 43.5 Å². The Morgan fingerprint density at radius 3 is 2.77 bits per heavy atom. The molecule has 1 aromatic heterocycles. The van der Waals surface area contributed by atoms with Crippen molar-refractivity contribution < 1.29 is 9.32 Å². The number of aryl methyl sites for hydroxylation is 1. The summed E-state index contributed by atoms with van der Waals surface area (Å²) in [6.07, 6.45) is 4.77. The van der Waals surface area contributed by atoms with Gasteiger partial charge in [-0.15, -0.1) is 0 Å². The topological polar surface area (TPSA) is 68.0 Å². The number of nitrogens with one attached hydrogen (secondary N) is 1. The normalized spacial score (nSPS) is 11.2. The van der Waals surface area contributed by atoms with Crippen molar-refractivity contribution in [2.75, 3.05) is 6.54 Å². The van der Waals surface area contributed by atoms with E-state index in [1.165, 1.54) is 0 Å². The van der Waals surface area contributed by atoms with Crippen molar-refractivity contribution >= 4 is 12.0 Å². The van der Waals surface area contributed by atoms with Gasteiger partial charge in [0.1, 0.15) is 0 Å². The second-order valence-electron chi connectivity index (χ2n) is 5.34. The first-order valence-electron chi connectivity index (χ1n) is 7.48. The second kappa shape index (κ2) is 8.12. The molecule has 116 valence electrons. The lowest BCUT2D eigenvalue weighted by molar-refractivity contribution is -0.116. The average molecular weight is 299 g/mol. The molecule has 0 saturated carbocycles. The summed E-state index contributed by atoms with van der Waals surface area (Å²) in [6.45, 7) is 4.62. The maximum absolute atomic E-state index is 11.7. The van der Waals surface area contributed by atoms with Gasteiger partial charge in [-0.2, -0.15) is 4.98 Å². The molecule has 22 heavy (non-hydrogen) atoms. The van der Waals surface area contributed by atoms with Crippen LogP contribution in [-0.2, 0) is 11.2 Å². The van der Waals surface area contributed by atoms with E-state index in [4.69, 9.17) is 4.52 Å². The van der Waals surface area contributed by atoms with E-state index in [1.807, 2.05) is 44.2 Å². The fourth-order valence-electron chi connectivity index (χ4n) is 1.85. The summed E-state index contributed by atoms with van der Waals surface area (Å²) in [5.41, 5.74) is 1.00. The maximum atomic E-state index is 11.7. The third-order valence-electron chi connectivity index (χ3n) is 3.09. The average Bonchev–Trinajstić information content (AvgIpc) is 3.00. The van der Waals surface area contributed by atoms with Gasteiger partial charge in [-0.3, -0.25) is 4.79 Å². The van der Waals surface area contributed by atoms with Gasteiger partial charge >= 0.3 is 0 Å². The molecule has 1 aromatic carbocycles. The molecular formula is C17H21N3O2. The monoisotopic (exact) mass is 299 g/mol. The molecule has 0 fully saturated rings. The zero-order valence-electron chi connectivity index (χ0n) is 13.0. The molecule has 0 aliphatic rings. The molecule has 0 saturated heterocycles. The Labute approximate surface area is 130 Å². The highest BCUT2D eigenvalue weighted by molar-refractivity contribution is 5.91. The van der Waals surface area contributed by atoms with Gasteiger partial charge in [-0.1, -0.05) is 49.3 Å². The smallest absolute Gasteiger partial charge is 0.243 e. The predicted molar refractivity (Wildman–Crippen MR) is 85.2 cm³/mol. The predicted octanol–water partition coefficient (Wildman–Crippen LogP) is 2.96. The number of aromatic nitrogens is 2. The SMILES string of the molecule is CC(C)c1noc(CCCNC(=O)/C=C/c2ccccc2)n1. The summed E-state index contributed by atoms with van der Waals surface area (Å²) < 4.78 is 5.15. The minimum atomic E-state index is -0.0998. The summed E-state index contributed by atoms with van der Waals surface area (Å²) in [5.74, 6) is 1.51. The number of amides is 1. The summed E-state index contributed by atoms with van der Waals surface area (Å²) in [6, 6.07) is 9.72. The van der Waals surface area contributed by atoms with Crippen molar-refractivity contribution in [2.24, 2.45) is 0 Å². The minimum Gasteiger partial charge on any atom is -0.353 e. The van der Waals surface area contributed by atoms with Crippen LogP contribution in [-0.4, -0.2) is 22.6 Å². The molecule has 0 bridgehead atoms. The van der Waals surface area contributed by atoms with Gasteiger partial charge in [0.05, 0.1) is 0 Å². The Bertz CT molecular complexity index is 618. The van der Waals surface area contributed by atoms with Gasteiger partial charge < -0.3 is 9.84 Å². The van der Waals surface area contributed by atoms with Crippen LogP contribution in [0.5, 0.6) is 0 Å². The van der Waals surface area contributed by atoms with Crippen molar-refractivity contribution in [3.63, 3.8) is 0 Å². The van der Waals surface area contributed by atoms with Crippen molar-refractivity contribution in [1.82, 2.24) is 15.5 Å². The summed E-state index contributed by atoms with van der Waals surface area (Å²) in [4.78, 5) is 16.0. The molecule has 2 rings (SSSR count). The standard InChI is InChI=1S/C17H21N3O2/c1-13(2)17-19-16(22-20-17)9-6-12-18-15(21)11-10-14-7-4-3-5-8-14/h3-5,7-8,10-11,13H,6,9,12H2,1-2H3,(H,18,21)/b11-10+. The van der Waals surface area contributed by atoms with Crippen LogP contribution in [0.25, 0.3) is 6.08 Å². The van der Waals surface area contributed by atoms with Crippen molar-refractivity contribution in [3.05, 3.63) is 53.7 Å². The number of rotatable bonds is 7. The molecule has 5 nitrogen and oxygen atoms in total. The van der Waals surface area contributed by atoms with E-state index in [9.17, 15) is 4.79 Å². The molecule has 0 atom stereocenters. The van der Waals surface area contributed by atoms with Gasteiger partial charge in [0.2, 0.25) is 11.8 Å². The van der Waals surface area contributed by atoms with Crippen LogP contribution < -0.4 is 5.32 Å². The number of carbonyl (C=O) groups is 1. The fraction of sp³-hybridized carbons (Fsp3) is 0.353. The van der Waals surface area contributed by atoms with E-state index in [-0.39, 0.29) is 11.8 Å². The van der Waals surface area contributed by atoms with E-state index >= 15 is 0 Å². The van der Waals surface area contributed by atoms with Gasteiger partial charge in [0.25, 0.3) is 0 Å². The van der Waals surface area contributed by atoms with E-state index in [1.54, 1.807) is 12.2 Å². The lowest BCUT2D eigenvalue weighted by Crippen LogP contribution is -2.22. The molecule has 5 heteroatoms. The Kier molecular flexibility index (Phi) is 5.89. The highest BCUT2D eigenvalue weighted by Gasteiger charge is 2.09. The first-order valence-corrected chi connectivity index (χ1v) is 7.48. The zero-order valence-corrected chi connectivity index (χ0v) is 13.0. The van der Waals surface area contributed by atoms with Gasteiger partial charge in [-0.25, -0.2) is 0 Å². The number of nitrogens with zero attached hydrogens (tertiary/aromatic N) is 2. The van der Waals surface area contributed by atoms with Crippen molar-refractivity contribution in [2.45, 2.75) is 32.6 Å². The molecule has 0 aliphatic carbocycles. The second-order valence-corrected chi connectivity index (χ2v) is 5.34. The van der Waals surface area contributed by atoms with Crippen LogP contribution in [0.15, 0.2) is 40.9 Å². The quantitative estimate of drug-likeness (QED) is 0.630.